The number of pyridine rings is 1. The number of ether oxygens (including phenoxy) is 1. The average molecular weight is 434 g/mol. The maximum Gasteiger partial charge on any atom is 0.270 e. The first-order valence-corrected chi connectivity index (χ1v) is 10.6. The molecule has 0 aromatic carbocycles. The Labute approximate surface area is 179 Å². The molecule has 2 unspecified atom stereocenters. The highest BCUT2D eigenvalue weighted by molar-refractivity contribution is 7.11. The predicted molar refractivity (Wildman–Crippen MR) is 114 cm³/mol. The number of anilines is 2. The molecule has 1 aliphatic rings. The molecule has 3 rings (SSSR count). The predicted octanol–water partition coefficient (Wildman–Crippen LogP) is 0.980. The van der Waals surface area contributed by atoms with Crippen molar-refractivity contribution in [2.24, 2.45) is 5.92 Å². The standard InChI is InChI=1S/C19H27N7O3S/c1-11-4-3-7-26(17(27)10-29-9-16-25-24-12(2)30-16)15(11)8-22-19(28)14-6-5-13(20)18(21)23-14/h5-6,11,15H,3-4,7-10,20H2,1-2H3,(H2,21,23)(H,22,28). The quantitative estimate of drug-likeness (QED) is 0.585. The Kier molecular flexibility index (Phi) is 7.16. The lowest BCUT2D eigenvalue weighted by Gasteiger charge is -2.40. The largest absolute Gasteiger partial charge is 0.396 e. The van der Waals surface area contributed by atoms with Gasteiger partial charge in [0.1, 0.15) is 34.7 Å². The number of amides is 2. The summed E-state index contributed by atoms with van der Waals surface area (Å²) >= 11 is 1.44. The summed E-state index contributed by atoms with van der Waals surface area (Å²) in [6.45, 7) is 5.14. The Morgan fingerprint density at radius 3 is 2.83 bits per heavy atom. The minimum Gasteiger partial charge on any atom is -0.396 e. The van der Waals surface area contributed by atoms with Gasteiger partial charge >= 0.3 is 0 Å². The van der Waals surface area contributed by atoms with E-state index in [1.807, 2.05) is 6.92 Å². The van der Waals surface area contributed by atoms with Crippen LogP contribution in [0, 0.1) is 12.8 Å². The van der Waals surface area contributed by atoms with Crippen LogP contribution >= 0.6 is 11.3 Å². The van der Waals surface area contributed by atoms with Crippen LogP contribution in [0.2, 0.25) is 0 Å². The second-order valence-electron chi connectivity index (χ2n) is 7.36. The SMILES string of the molecule is Cc1nnc(COCC(=O)N2CCCC(C)C2CNC(=O)c2ccc(N)c(N)n2)s1. The van der Waals surface area contributed by atoms with Gasteiger partial charge in [0.05, 0.1) is 11.7 Å². The number of hydrogen-bond acceptors (Lipinski definition) is 9. The van der Waals surface area contributed by atoms with Crippen molar-refractivity contribution in [1.82, 2.24) is 25.4 Å². The monoisotopic (exact) mass is 433 g/mol. The number of nitrogens with zero attached hydrogens (tertiary/aromatic N) is 4. The van der Waals surface area contributed by atoms with Gasteiger partial charge in [0.15, 0.2) is 0 Å². The van der Waals surface area contributed by atoms with Crippen molar-refractivity contribution in [3.63, 3.8) is 0 Å². The molecule has 30 heavy (non-hydrogen) atoms. The van der Waals surface area contributed by atoms with Crippen LogP contribution in [0.1, 0.15) is 40.3 Å². The van der Waals surface area contributed by atoms with Gasteiger partial charge in [-0.05, 0) is 37.8 Å². The molecule has 0 radical (unpaired) electrons. The van der Waals surface area contributed by atoms with E-state index in [9.17, 15) is 9.59 Å². The first-order chi connectivity index (χ1) is 14.3. The number of nitrogens with one attached hydrogen (secondary N) is 1. The van der Waals surface area contributed by atoms with Gasteiger partial charge in [-0.3, -0.25) is 9.59 Å². The number of nitrogen functional groups attached to an aromatic ring is 2. The van der Waals surface area contributed by atoms with E-state index in [4.69, 9.17) is 16.2 Å². The molecule has 3 heterocycles. The lowest BCUT2D eigenvalue weighted by Crippen LogP contribution is -2.54. The van der Waals surface area contributed by atoms with Crippen LogP contribution in [0.3, 0.4) is 0 Å². The van der Waals surface area contributed by atoms with Crippen LogP contribution in [0.25, 0.3) is 0 Å². The number of aryl methyl sites for hydroxylation is 1. The number of carbonyl (C=O) groups excluding carboxylic acids is 2. The van der Waals surface area contributed by atoms with Crippen molar-refractivity contribution in [2.45, 2.75) is 39.3 Å². The maximum atomic E-state index is 12.8. The lowest BCUT2D eigenvalue weighted by atomic mass is 9.90. The van der Waals surface area contributed by atoms with Gasteiger partial charge < -0.3 is 26.4 Å². The molecule has 162 valence electrons. The molecule has 2 amide bonds. The summed E-state index contributed by atoms with van der Waals surface area (Å²) < 4.78 is 5.54. The van der Waals surface area contributed by atoms with E-state index in [0.717, 1.165) is 22.9 Å². The zero-order chi connectivity index (χ0) is 21.7. The molecule has 1 saturated heterocycles. The third kappa shape index (κ3) is 5.42. The van der Waals surface area contributed by atoms with Gasteiger partial charge in [-0.15, -0.1) is 10.2 Å². The normalized spacial score (nSPS) is 18.9. The Balaban J connectivity index is 1.56. The van der Waals surface area contributed by atoms with Crippen molar-refractivity contribution < 1.29 is 14.3 Å². The molecule has 0 saturated carbocycles. The smallest absolute Gasteiger partial charge is 0.270 e. The fraction of sp³-hybridized carbons (Fsp3) is 0.526. The number of hydrogen-bond donors (Lipinski definition) is 3. The maximum absolute atomic E-state index is 12.8. The van der Waals surface area contributed by atoms with E-state index in [0.29, 0.717) is 18.8 Å². The fourth-order valence-electron chi connectivity index (χ4n) is 3.47. The molecular formula is C19H27N7O3S. The van der Waals surface area contributed by atoms with E-state index < -0.39 is 0 Å². The number of likely N-dealkylation sites (tertiary alicyclic amines) is 1. The molecule has 10 nitrogen and oxygen atoms in total. The zero-order valence-electron chi connectivity index (χ0n) is 17.1. The van der Waals surface area contributed by atoms with Crippen molar-refractivity contribution in [1.29, 1.82) is 0 Å². The summed E-state index contributed by atoms with van der Waals surface area (Å²) in [4.78, 5) is 31.0. The van der Waals surface area contributed by atoms with Gasteiger partial charge in [0, 0.05) is 13.1 Å². The zero-order valence-corrected chi connectivity index (χ0v) is 17.9. The van der Waals surface area contributed by atoms with Crippen molar-refractivity contribution >= 4 is 34.7 Å². The minimum absolute atomic E-state index is 0.0359. The van der Waals surface area contributed by atoms with E-state index in [2.05, 4.69) is 27.4 Å². The van der Waals surface area contributed by atoms with Crippen molar-refractivity contribution in [2.75, 3.05) is 31.2 Å². The topological polar surface area (TPSA) is 149 Å². The third-order valence-electron chi connectivity index (χ3n) is 5.12. The van der Waals surface area contributed by atoms with Crippen molar-refractivity contribution in [3.8, 4) is 0 Å². The number of rotatable bonds is 7. The van der Waals surface area contributed by atoms with Gasteiger partial charge in [-0.25, -0.2) is 4.98 Å². The Bertz CT molecular complexity index is 904. The number of piperidine rings is 1. The van der Waals surface area contributed by atoms with Crippen LogP contribution in [0.5, 0.6) is 0 Å². The highest BCUT2D eigenvalue weighted by Crippen LogP contribution is 2.23. The van der Waals surface area contributed by atoms with Crippen LogP contribution in [0.15, 0.2) is 12.1 Å². The Hall–Kier alpha value is -2.79. The summed E-state index contributed by atoms with van der Waals surface area (Å²) in [5.41, 5.74) is 11.8. The second kappa shape index (κ2) is 9.81. The highest BCUT2D eigenvalue weighted by Gasteiger charge is 2.32. The molecular weight excluding hydrogens is 406 g/mol. The number of aromatic nitrogens is 3. The van der Waals surface area contributed by atoms with Crippen molar-refractivity contribution in [3.05, 3.63) is 27.8 Å². The molecule has 2 atom stereocenters. The van der Waals surface area contributed by atoms with Gasteiger partial charge in [-0.1, -0.05) is 18.3 Å². The molecule has 2 aromatic heterocycles. The molecule has 0 bridgehead atoms. The second-order valence-corrected chi connectivity index (χ2v) is 8.63. The Morgan fingerprint density at radius 2 is 2.13 bits per heavy atom. The summed E-state index contributed by atoms with van der Waals surface area (Å²) in [5.74, 6) is -0.0850. The highest BCUT2D eigenvalue weighted by atomic mass is 32.1. The molecule has 5 N–H and O–H groups in total. The van der Waals surface area contributed by atoms with Crippen LogP contribution in [-0.4, -0.2) is 57.6 Å². The summed E-state index contributed by atoms with van der Waals surface area (Å²) in [7, 11) is 0. The first-order valence-electron chi connectivity index (χ1n) is 9.81. The van der Waals surface area contributed by atoms with Crippen LogP contribution in [0.4, 0.5) is 11.5 Å². The molecule has 11 heteroatoms. The average Bonchev–Trinajstić information content (AvgIpc) is 3.13. The molecule has 0 spiro atoms. The molecule has 0 aliphatic carbocycles. The van der Waals surface area contributed by atoms with Crippen LogP contribution < -0.4 is 16.8 Å². The number of carbonyl (C=O) groups is 2. The van der Waals surface area contributed by atoms with E-state index in [-0.39, 0.29) is 48.5 Å². The Morgan fingerprint density at radius 1 is 1.33 bits per heavy atom. The summed E-state index contributed by atoms with van der Waals surface area (Å²) in [6.07, 6.45) is 1.91. The lowest BCUT2D eigenvalue weighted by molar-refractivity contribution is -0.141. The van der Waals surface area contributed by atoms with Gasteiger partial charge in [0.25, 0.3) is 5.91 Å². The fourth-order valence-corrected chi connectivity index (χ4v) is 4.12. The molecule has 1 aliphatic heterocycles. The number of nitrogens with two attached hydrogens (primary N) is 2. The first kappa shape index (κ1) is 21.9. The van der Waals surface area contributed by atoms with Gasteiger partial charge in [0.2, 0.25) is 5.91 Å². The van der Waals surface area contributed by atoms with E-state index in [1.54, 1.807) is 11.0 Å². The van der Waals surface area contributed by atoms with Crippen LogP contribution in [-0.2, 0) is 16.1 Å². The van der Waals surface area contributed by atoms with E-state index in [1.165, 1.54) is 17.4 Å². The summed E-state index contributed by atoms with van der Waals surface area (Å²) in [6, 6.07) is 2.96. The van der Waals surface area contributed by atoms with E-state index >= 15 is 0 Å². The minimum atomic E-state index is -0.352. The summed E-state index contributed by atoms with van der Waals surface area (Å²) in [5, 5.41) is 12.4. The molecule has 1 fully saturated rings. The third-order valence-corrected chi connectivity index (χ3v) is 5.93. The van der Waals surface area contributed by atoms with Gasteiger partial charge in [-0.2, -0.15) is 0 Å². The molecule has 2 aromatic rings.